The van der Waals surface area contributed by atoms with E-state index in [-0.39, 0.29) is 23.5 Å². The molecule has 0 aliphatic rings. The van der Waals surface area contributed by atoms with Crippen molar-refractivity contribution in [2.75, 3.05) is 11.9 Å². The second-order valence-electron chi connectivity index (χ2n) is 6.24. The van der Waals surface area contributed by atoms with Gasteiger partial charge in [-0.2, -0.15) is 0 Å². The first-order valence-electron chi connectivity index (χ1n) is 8.15. The minimum Gasteiger partial charge on any atom is -0.483 e. The van der Waals surface area contributed by atoms with Gasteiger partial charge in [0.15, 0.2) is 11.7 Å². The van der Waals surface area contributed by atoms with Crippen LogP contribution in [0.1, 0.15) is 30.9 Å². The average Bonchev–Trinajstić information content (AvgIpc) is 2.54. The Kier molecular flexibility index (Phi) is 7.91. The predicted molar refractivity (Wildman–Crippen MR) is 119 cm³/mol. The summed E-state index contributed by atoms with van der Waals surface area (Å²) in [5, 5.41) is 6.51. The zero-order valence-electron chi connectivity index (χ0n) is 15.0. The quantitative estimate of drug-likeness (QED) is 0.499. The Bertz CT molecular complexity index is 855. The molecule has 8 heteroatoms. The van der Waals surface area contributed by atoms with Crippen molar-refractivity contribution in [3.8, 4) is 5.75 Å². The second kappa shape index (κ2) is 9.73. The molecule has 0 fully saturated rings. The summed E-state index contributed by atoms with van der Waals surface area (Å²) in [6.45, 7) is 5.95. The number of nitrogens with one attached hydrogen (secondary N) is 2. The molecule has 0 bridgehead atoms. The number of thiocarbonyl (C=S) groups is 1. The molecular weight excluding hydrogens is 471 g/mol. The van der Waals surface area contributed by atoms with Gasteiger partial charge in [-0.3, -0.25) is 10.1 Å². The highest BCUT2D eigenvalue weighted by Crippen LogP contribution is 2.32. The van der Waals surface area contributed by atoms with Gasteiger partial charge in [0.1, 0.15) is 5.75 Å². The van der Waals surface area contributed by atoms with E-state index < -0.39 is 0 Å². The lowest BCUT2D eigenvalue weighted by molar-refractivity contribution is -0.121. The Balaban J connectivity index is 1.96. The van der Waals surface area contributed by atoms with E-state index in [4.69, 9.17) is 40.2 Å². The first-order chi connectivity index (χ1) is 12.7. The molecule has 0 spiro atoms. The molecule has 0 heterocycles. The normalized spacial score (nSPS) is 10.6. The molecule has 2 aromatic carbocycles. The van der Waals surface area contributed by atoms with Gasteiger partial charge < -0.3 is 10.1 Å². The fourth-order valence-electron chi connectivity index (χ4n) is 2.34. The number of carbonyl (C=O) groups excluding carboxylic acids is 1. The average molecular weight is 490 g/mol. The lowest BCUT2D eigenvalue weighted by Gasteiger charge is -2.16. The van der Waals surface area contributed by atoms with Crippen molar-refractivity contribution in [3.05, 3.63) is 56.0 Å². The minimum absolute atomic E-state index is 0.137. The summed E-state index contributed by atoms with van der Waals surface area (Å²) in [5.74, 6) is 0.576. The number of amides is 1. The summed E-state index contributed by atoms with van der Waals surface area (Å²) in [6, 6.07) is 8.85. The number of rotatable bonds is 5. The van der Waals surface area contributed by atoms with Crippen LogP contribution in [0.4, 0.5) is 5.69 Å². The Morgan fingerprint density at radius 1 is 1.19 bits per heavy atom. The highest BCUT2D eigenvalue weighted by Gasteiger charge is 2.13. The molecule has 1 amide bonds. The number of aryl methyl sites for hydroxylation is 1. The van der Waals surface area contributed by atoms with Crippen molar-refractivity contribution in [2.24, 2.45) is 0 Å². The smallest absolute Gasteiger partial charge is 0.264 e. The molecule has 2 aromatic rings. The third kappa shape index (κ3) is 6.64. The zero-order chi connectivity index (χ0) is 20.1. The van der Waals surface area contributed by atoms with E-state index >= 15 is 0 Å². The van der Waals surface area contributed by atoms with Crippen molar-refractivity contribution in [3.63, 3.8) is 0 Å². The highest BCUT2D eigenvalue weighted by molar-refractivity contribution is 9.10. The molecule has 4 nitrogen and oxygen atoms in total. The summed E-state index contributed by atoms with van der Waals surface area (Å²) in [6.07, 6.45) is 0. The lowest BCUT2D eigenvalue weighted by Crippen LogP contribution is -2.37. The van der Waals surface area contributed by atoms with Crippen LogP contribution in [-0.4, -0.2) is 17.6 Å². The van der Waals surface area contributed by atoms with Gasteiger partial charge in [-0.05, 0) is 66.5 Å². The van der Waals surface area contributed by atoms with Crippen LogP contribution < -0.4 is 15.4 Å². The van der Waals surface area contributed by atoms with Gasteiger partial charge in [-0.1, -0.05) is 53.0 Å². The molecule has 0 aliphatic heterocycles. The summed E-state index contributed by atoms with van der Waals surface area (Å²) in [7, 11) is 0. The van der Waals surface area contributed by atoms with E-state index in [2.05, 4.69) is 40.4 Å². The van der Waals surface area contributed by atoms with Gasteiger partial charge in [0.25, 0.3) is 5.91 Å². The van der Waals surface area contributed by atoms with Crippen LogP contribution in [-0.2, 0) is 4.79 Å². The molecule has 0 radical (unpaired) electrons. The number of hydrogen-bond donors (Lipinski definition) is 2. The molecule has 0 atom stereocenters. The number of halogens is 3. The predicted octanol–water partition coefficient (Wildman–Crippen LogP) is 6.08. The fraction of sp³-hybridized carbons (Fsp3) is 0.263. The van der Waals surface area contributed by atoms with Gasteiger partial charge in [0, 0.05) is 20.2 Å². The fourth-order valence-corrected chi connectivity index (χ4v) is 3.46. The molecular formula is C19H19BrCl2N2O2S. The molecule has 0 aromatic heterocycles. The van der Waals surface area contributed by atoms with Crippen molar-refractivity contribution in [2.45, 2.75) is 26.7 Å². The highest BCUT2D eigenvalue weighted by atomic mass is 79.9. The summed E-state index contributed by atoms with van der Waals surface area (Å²) < 4.78 is 6.73. The molecule has 0 saturated carbocycles. The SMILES string of the molecule is Cc1cc(OCC(=O)NC(=S)Nc2cc(Cl)cc(Cl)c2)c(C(C)C)cc1Br. The van der Waals surface area contributed by atoms with Crippen LogP contribution in [0.3, 0.4) is 0 Å². The van der Waals surface area contributed by atoms with Crippen LogP contribution in [0, 0.1) is 6.92 Å². The van der Waals surface area contributed by atoms with Gasteiger partial charge in [-0.25, -0.2) is 0 Å². The molecule has 0 aliphatic carbocycles. The van der Waals surface area contributed by atoms with E-state index in [0.717, 1.165) is 15.6 Å². The first kappa shape index (κ1) is 22.0. The largest absolute Gasteiger partial charge is 0.483 e. The van der Waals surface area contributed by atoms with Crippen LogP contribution >= 0.6 is 51.3 Å². The summed E-state index contributed by atoms with van der Waals surface area (Å²) in [5.41, 5.74) is 2.64. The molecule has 0 unspecified atom stereocenters. The van der Waals surface area contributed by atoms with E-state index in [1.165, 1.54) is 0 Å². The van der Waals surface area contributed by atoms with E-state index in [0.29, 0.717) is 21.5 Å². The van der Waals surface area contributed by atoms with Crippen LogP contribution in [0.5, 0.6) is 5.75 Å². The minimum atomic E-state index is -0.365. The number of carbonyl (C=O) groups is 1. The number of ether oxygens (including phenoxy) is 1. The maximum absolute atomic E-state index is 12.2. The van der Waals surface area contributed by atoms with Crippen molar-refractivity contribution in [1.29, 1.82) is 0 Å². The van der Waals surface area contributed by atoms with Gasteiger partial charge >= 0.3 is 0 Å². The Morgan fingerprint density at radius 3 is 2.41 bits per heavy atom. The van der Waals surface area contributed by atoms with Crippen molar-refractivity contribution < 1.29 is 9.53 Å². The number of hydrogen-bond acceptors (Lipinski definition) is 3. The standard InChI is InChI=1S/C19H19BrCl2N2O2S/c1-10(2)15-8-16(20)11(3)4-17(15)26-9-18(25)24-19(27)23-14-6-12(21)5-13(22)7-14/h4-8,10H,9H2,1-3H3,(H2,23,24,25,27). The molecule has 144 valence electrons. The Hall–Kier alpha value is -1.34. The molecule has 0 saturated heterocycles. The van der Waals surface area contributed by atoms with Gasteiger partial charge in [-0.15, -0.1) is 0 Å². The topological polar surface area (TPSA) is 50.4 Å². The summed E-state index contributed by atoms with van der Waals surface area (Å²) in [4.78, 5) is 12.2. The van der Waals surface area contributed by atoms with E-state index in [9.17, 15) is 4.79 Å². The van der Waals surface area contributed by atoms with Crippen LogP contribution in [0.25, 0.3) is 0 Å². The third-order valence-corrected chi connectivity index (χ3v) is 5.14. The van der Waals surface area contributed by atoms with Gasteiger partial charge in [0.05, 0.1) is 0 Å². The van der Waals surface area contributed by atoms with Gasteiger partial charge in [0.2, 0.25) is 0 Å². The van der Waals surface area contributed by atoms with E-state index in [1.807, 2.05) is 19.1 Å². The first-order valence-corrected chi connectivity index (χ1v) is 10.1. The maximum atomic E-state index is 12.2. The number of anilines is 1. The van der Waals surface area contributed by atoms with Crippen molar-refractivity contribution in [1.82, 2.24) is 5.32 Å². The van der Waals surface area contributed by atoms with Crippen LogP contribution in [0.2, 0.25) is 10.0 Å². The Morgan fingerprint density at radius 2 is 1.81 bits per heavy atom. The van der Waals surface area contributed by atoms with Crippen molar-refractivity contribution >= 4 is 68.1 Å². The van der Waals surface area contributed by atoms with E-state index in [1.54, 1.807) is 18.2 Å². The Labute approximate surface area is 182 Å². The zero-order valence-corrected chi connectivity index (χ0v) is 18.9. The third-order valence-electron chi connectivity index (χ3n) is 3.65. The number of benzene rings is 2. The maximum Gasteiger partial charge on any atom is 0.264 e. The lowest BCUT2D eigenvalue weighted by atomic mass is 10.0. The molecule has 27 heavy (non-hydrogen) atoms. The second-order valence-corrected chi connectivity index (χ2v) is 8.38. The molecule has 2 rings (SSSR count). The van der Waals surface area contributed by atoms with Crippen LogP contribution in [0.15, 0.2) is 34.8 Å². The molecule has 2 N–H and O–H groups in total. The monoisotopic (exact) mass is 488 g/mol. The summed E-state index contributed by atoms with van der Waals surface area (Å²) >= 11 is 20.6.